The van der Waals surface area contributed by atoms with Gasteiger partial charge in [0.15, 0.2) is 11.1 Å². The summed E-state index contributed by atoms with van der Waals surface area (Å²) in [7, 11) is 0. The molecule has 1 saturated carbocycles. The average Bonchev–Trinajstić information content (AvgIpc) is 3.23. The largest absolute Gasteiger partial charge is 0.493 e. The van der Waals surface area contributed by atoms with Gasteiger partial charge in [-0.15, -0.1) is 11.8 Å². The van der Waals surface area contributed by atoms with Gasteiger partial charge in [-0.05, 0) is 25.3 Å². The predicted molar refractivity (Wildman–Crippen MR) is 124 cm³/mol. The molecule has 11 nitrogen and oxygen atoms in total. The van der Waals surface area contributed by atoms with E-state index in [0.29, 0.717) is 27.7 Å². The number of halogens is 1. The molecule has 0 radical (unpaired) electrons. The van der Waals surface area contributed by atoms with E-state index in [1.165, 1.54) is 22.7 Å². The number of nitrogens with one attached hydrogen (secondary N) is 1. The van der Waals surface area contributed by atoms with Crippen LogP contribution in [0.4, 0.5) is 4.39 Å². The molecule has 0 aromatic carbocycles. The zero-order chi connectivity index (χ0) is 24.3. The molecule has 1 aliphatic carbocycles. The number of aliphatic hydroxyl groups excluding tert-OH is 1. The molecule has 6 rings (SSSR count). The molecule has 3 aliphatic rings. The first-order valence-corrected chi connectivity index (χ1v) is 12.2. The van der Waals surface area contributed by atoms with Gasteiger partial charge in [0.1, 0.15) is 18.6 Å². The van der Waals surface area contributed by atoms with Gasteiger partial charge in [-0.25, -0.2) is 18.7 Å². The van der Waals surface area contributed by atoms with Gasteiger partial charge >= 0.3 is 5.69 Å². The number of hydrogen-bond donors (Lipinski definition) is 3. The third kappa shape index (κ3) is 3.93. The average molecular weight is 500 g/mol. The Labute approximate surface area is 201 Å². The third-order valence-corrected chi connectivity index (χ3v) is 7.55. The van der Waals surface area contributed by atoms with Gasteiger partial charge in [-0.1, -0.05) is 6.08 Å². The number of aromatic amines is 1. The molecule has 0 bridgehead atoms. The topological polar surface area (TPSA) is 141 Å². The zero-order valence-electron chi connectivity index (χ0n) is 18.5. The Morgan fingerprint density at radius 1 is 1.37 bits per heavy atom. The SMILES string of the molecule is O=C(C1=CCC(c2cc(=NC3CC3)n3ncc(=Cc4[nH]c(=O)n(CO)c4O)c3n2)S1)N1CC(F)C1. The van der Waals surface area contributed by atoms with Crippen molar-refractivity contribution in [1.82, 2.24) is 29.0 Å². The summed E-state index contributed by atoms with van der Waals surface area (Å²) < 4.78 is 15.6. The molecule has 13 heteroatoms. The Morgan fingerprint density at radius 3 is 2.86 bits per heavy atom. The summed E-state index contributed by atoms with van der Waals surface area (Å²) in [5.41, 5.74) is 1.34. The van der Waals surface area contributed by atoms with E-state index < -0.39 is 24.5 Å². The fourth-order valence-electron chi connectivity index (χ4n) is 4.13. The van der Waals surface area contributed by atoms with Crippen LogP contribution in [0.3, 0.4) is 0 Å². The lowest BCUT2D eigenvalue weighted by Crippen LogP contribution is -2.51. The molecule has 1 atom stereocenters. The molecular weight excluding hydrogens is 477 g/mol. The van der Waals surface area contributed by atoms with Gasteiger partial charge in [-0.3, -0.25) is 9.79 Å². The number of likely N-dealkylation sites (tertiary alicyclic amines) is 1. The quantitative estimate of drug-likeness (QED) is 0.439. The zero-order valence-corrected chi connectivity index (χ0v) is 19.3. The van der Waals surface area contributed by atoms with Gasteiger partial charge in [0.25, 0.3) is 5.91 Å². The number of thioether (sulfide) groups is 1. The van der Waals surface area contributed by atoms with Crippen LogP contribution in [0.2, 0.25) is 0 Å². The third-order valence-electron chi connectivity index (χ3n) is 6.24. The van der Waals surface area contributed by atoms with Crippen LogP contribution >= 0.6 is 11.8 Å². The van der Waals surface area contributed by atoms with E-state index >= 15 is 0 Å². The lowest BCUT2D eigenvalue weighted by molar-refractivity contribution is -0.133. The van der Waals surface area contributed by atoms with Crippen LogP contribution in [0.5, 0.6) is 5.88 Å². The minimum atomic E-state index is -0.947. The highest BCUT2D eigenvalue weighted by atomic mass is 32.2. The van der Waals surface area contributed by atoms with Gasteiger partial charge in [0, 0.05) is 11.3 Å². The Bertz CT molecular complexity index is 1550. The lowest BCUT2D eigenvalue weighted by atomic mass is 10.1. The van der Waals surface area contributed by atoms with E-state index in [9.17, 15) is 24.2 Å². The van der Waals surface area contributed by atoms with Crippen molar-refractivity contribution in [3.05, 3.63) is 55.8 Å². The van der Waals surface area contributed by atoms with E-state index in [-0.39, 0.29) is 36.0 Å². The van der Waals surface area contributed by atoms with E-state index in [2.05, 4.69) is 10.1 Å². The summed E-state index contributed by atoms with van der Waals surface area (Å²) in [6.07, 6.45) is 6.65. The number of aromatic hydroxyl groups is 1. The number of H-pyrrole nitrogens is 1. The Balaban J connectivity index is 1.39. The summed E-state index contributed by atoms with van der Waals surface area (Å²) >= 11 is 1.41. The smallest absolute Gasteiger partial charge is 0.330 e. The van der Waals surface area contributed by atoms with Crippen LogP contribution in [0.25, 0.3) is 11.7 Å². The van der Waals surface area contributed by atoms with Gasteiger partial charge in [0.2, 0.25) is 5.88 Å². The predicted octanol–water partition coefficient (Wildman–Crippen LogP) is -0.273. The van der Waals surface area contributed by atoms with Crippen molar-refractivity contribution in [2.24, 2.45) is 4.99 Å². The highest BCUT2D eigenvalue weighted by Gasteiger charge is 2.35. The van der Waals surface area contributed by atoms with Crippen molar-refractivity contribution >= 4 is 29.4 Å². The number of alkyl halides is 1. The van der Waals surface area contributed by atoms with E-state index in [1.54, 1.807) is 10.7 Å². The minimum absolute atomic E-state index is 0.110. The molecule has 2 aliphatic heterocycles. The molecule has 1 saturated heterocycles. The summed E-state index contributed by atoms with van der Waals surface area (Å²) in [4.78, 5) is 38.7. The molecule has 2 fully saturated rings. The van der Waals surface area contributed by atoms with Crippen molar-refractivity contribution in [2.75, 3.05) is 13.1 Å². The number of amides is 1. The Kier molecular flexibility index (Phi) is 5.25. The second-order valence-electron chi connectivity index (χ2n) is 8.83. The number of imidazole rings is 1. The summed E-state index contributed by atoms with van der Waals surface area (Å²) in [6.45, 7) is -0.386. The maximum absolute atomic E-state index is 13.2. The van der Waals surface area contributed by atoms with Crippen LogP contribution in [-0.2, 0) is 11.5 Å². The normalized spacial score (nSPS) is 21.7. The van der Waals surface area contributed by atoms with Crippen molar-refractivity contribution in [3.63, 3.8) is 0 Å². The molecule has 182 valence electrons. The second-order valence-corrected chi connectivity index (χ2v) is 10.1. The van der Waals surface area contributed by atoms with Gasteiger partial charge in [-0.2, -0.15) is 9.61 Å². The number of allylic oxidation sites excluding steroid dienone is 1. The van der Waals surface area contributed by atoms with Crippen molar-refractivity contribution in [1.29, 1.82) is 0 Å². The highest BCUT2D eigenvalue weighted by molar-refractivity contribution is 8.04. The molecule has 0 spiro atoms. The molecule has 35 heavy (non-hydrogen) atoms. The summed E-state index contributed by atoms with van der Waals surface area (Å²) in [5.74, 6) is -0.544. The van der Waals surface area contributed by atoms with Gasteiger partial charge in [0.05, 0.1) is 41.2 Å². The van der Waals surface area contributed by atoms with Crippen LogP contribution < -0.4 is 16.4 Å². The number of nitrogens with zero attached hydrogens (tertiary/aromatic N) is 6. The van der Waals surface area contributed by atoms with Crippen LogP contribution in [-0.4, -0.2) is 70.5 Å². The first-order valence-electron chi connectivity index (χ1n) is 11.3. The molecule has 1 amide bonds. The molecular formula is C22H22FN7O4S. The van der Waals surface area contributed by atoms with Gasteiger partial charge < -0.3 is 20.1 Å². The number of carbonyl (C=O) groups is 1. The monoisotopic (exact) mass is 499 g/mol. The minimum Gasteiger partial charge on any atom is -0.493 e. The van der Waals surface area contributed by atoms with E-state index in [0.717, 1.165) is 23.1 Å². The second kappa shape index (κ2) is 8.34. The fraction of sp³-hybridized carbons (Fsp3) is 0.409. The number of aliphatic hydroxyl groups is 1. The van der Waals surface area contributed by atoms with Crippen molar-refractivity contribution in [2.45, 2.75) is 43.5 Å². The Hall–Kier alpha value is -3.45. The maximum atomic E-state index is 13.2. The molecule has 3 aromatic rings. The first-order chi connectivity index (χ1) is 16.9. The molecule has 3 aromatic heterocycles. The first kappa shape index (κ1) is 22.0. The van der Waals surface area contributed by atoms with E-state index in [4.69, 9.17) is 9.98 Å². The van der Waals surface area contributed by atoms with Crippen LogP contribution in [0, 0.1) is 0 Å². The lowest BCUT2D eigenvalue weighted by Gasteiger charge is -2.34. The number of fused-ring (bicyclic) bond motifs is 1. The number of carbonyl (C=O) groups excluding carboxylic acids is 1. The van der Waals surface area contributed by atoms with Crippen molar-refractivity contribution in [3.8, 4) is 5.88 Å². The number of rotatable bonds is 5. The molecule has 5 heterocycles. The maximum Gasteiger partial charge on any atom is 0.330 e. The summed E-state index contributed by atoms with van der Waals surface area (Å²) in [5, 5.41) is 24.4. The van der Waals surface area contributed by atoms with Crippen molar-refractivity contribution < 1.29 is 19.4 Å². The molecule has 3 N–H and O–H groups in total. The Morgan fingerprint density at radius 2 is 2.17 bits per heavy atom. The number of hydrogen-bond acceptors (Lipinski definition) is 8. The van der Waals surface area contributed by atoms with Crippen LogP contribution in [0.15, 0.2) is 33.0 Å². The summed E-state index contributed by atoms with van der Waals surface area (Å²) in [6, 6.07) is 2.11. The fourth-order valence-corrected chi connectivity index (χ4v) is 5.29. The number of aromatic nitrogens is 5. The highest BCUT2D eigenvalue weighted by Crippen LogP contribution is 2.43. The van der Waals surface area contributed by atoms with E-state index in [1.807, 2.05) is 12.1 Å². The molecule has 1 unspecified atom stereocenters. The van der Waals surface area contributed by atoms with Crippen LogP contribution in [0.1, 0.15) is 35.9 Å². The standard InChI is InChI=1S/C22H22FN7O4S/c23-12-8-28(9-12)21(33)17-4-3-16(35-17)14-6-18(25-13-1-2-13)30-19(26-14)11(7-24-30)5-15-20(32)29(10-31)22(34)27-15/h4-7,12-13,16,31-32H,1-3,8-10H2,(H,27,34).